The highest BCUT2D eigenvalue weighted by Crippen LogP contribution is 2.24. The number of amidine groups is 1. The van der Waals surface area contributed by atoms with Crippen molar-refractivity contribution >= 4 is 16.9 Å². The van der Waals surface area contributed by atoms with Gasteiger partial charge in [-0.15, -0.1) is 0 Å². The van der Waals surface area contributed by atoms with Gasteiger partial charge in [0.05, 0.1) is 17.6 Å². The minimum Gasteiger partial charge on any atom is -0.508 e. The highest BCUT2D eigenvalue weighted by Gasteiger charge is 2.16. The molecule has 0 saturated carbocycles. The quantitative estimate of drug-likeness (QED) is 0.581. The second-order valence-electron chi connectivity index (χ2n) is 8.46. The highest BCUT2D eigenvalue weighted by atomic mass is 16.3. The summed E-state index contributed by atoms with van der Waals surface area (Å²) < 4.78 is 0. The molecule has 0 atom stereocenters. The summed E-state index contributed by atoms with van der Waals surface area (Å²) in [5, 5.41) is 13.1. The number of fused-ring (bicyclic) bond motifs is 1. The van der Waals surface area contributed by atoms with Gasteiger partial charge in [-0.25, -0.2) is 4.98 Å². The molecule has 0 unspecified atom stereocenters. The summed E-state index contributed by atoms with van der Waals surface area (Å²) in [6.45, 7) is 8.90. The predicted octanol–water partition coefficient (Wildman–Crippen LogP) is 3.49. The van der Waals surface area contributed by atoms with Gasteiger partial charge in [0.1, 0.15) is 17.4 Å². The summed E-state index contributed by atoms with van der Waals surface area (Å²) in [6.07, 6.45) is 6.31. The smallest absolute Gasteiger partial charge is 0.138 e. The number of imidazole rings is 1. The van der Waals surface area contributed by atoms with E-state index in [1.807, 2.05) is 36.4 Å². The molecular weight excluding hydrogens is 412 g/mol. The van der Waals surface area contributed by atoms with Crippen LogP contribution in [0.1, 0.15) is 5.56 Å². The first-order chi connectivity index (χ1) is 16.0. The number of nitrogens with zero attached hydrogens (tertiary/aromatic N) is 4. The molecule has 1 aromatic heterocycles. The second-order valence-corrected chi connectivity index (χ2v) is 8.46. The number of allylic oxidation sites excluding steroid dienone is 2. The van der Waals surface area contributed by atoms with Gasteiger partial charge in [0.15, 0.2) is 0 Å². The summed E-state index contributed by atoms with van der Waals surface area (Å²) in [7, 11) is 2.16. The van der Waals surface area contributed by atoms with Crippen LogP contribution in [0.3, 0.4) is 0 Å². The van der Waals surface area contributed by atoms with E-state index in [1.54, 1.807) is 12.1 Å². The van der Waals surface area contributed by atoms with Gasteiger partial charge in [-0.1, -0.05) is 18.7 Å². The van der Waals surface area contributed by atoms with Crippen LogP contribution in [0.15, 0.2) is 83.7 Å². The third-order valence-corrected chi connectivity index (χ3v) is 6.03. The third-order valence-electron chi connectivity index (χ3n) is 6.03. The molecule has 3 heterocycles. The van der Waals surface area contributed by atoms with E-state index in [-0.39, 0.29) is 5.75 Å². The van der Waals surface area contributed by atoms with Crippen LogP contribution >= 0.6 is 0 Å². The number of aromatic amines is 1. The minimum atomic E-state index is 0.216. The molecular formula is C26H28N6O. The fraction of sp³-hybridized carbons (Fsp3) is 0.231. The number of piperazine rings is 1. The van der Waals surface area contributed by atoms with E-state index in [2.05, 4.69) is 50.9 Å². The van der Waals surface area contributed by atoms with Crippen molar-refractivity contribution in [2.24, 2.45) is 4.99 Å². The van der Waals surface area contributed by atoms with Crippen molar-refractivity contribution in [3.63, 3.8) is 0 Å². The third kappa shape index (κ3) is 4.68. The molecule has 0 spiro atoms. The molecule has 0 radical (unpaired) electrons. The van der Waals surface area contributed by atoms with Crippen LogP contribution in [-0.2, 0) is 0 Å². The number of hydrogen-bond acceptors (Lipinski definition) is 6. The van der Waals surface area contributed by atoms with E-state index < -0.39 is 0 Å². The first-order valence-electron chi connectivity index (χ1n) is 11.2. The molecule has 2 aromatic carbocycles. The first-order valence-corrected chi connectivity index (χ1v) is 11.2. The van der Waals surface area contributed by atoms with Crippen LogP contribution in [0.5, 0.6) is 5.75 Å². The molecule has 7 nitrogen and oxygen atoms in total. The summed E-state index contributed by atoms with van der Waals surface area (Å²) in [5.41, 5.74) is 5.55. The number of hydrogen-bond donors (Lipinski definition) is 3. The lowest BCUT2D eigenvalue weighted by Gasteiger charge is -2.34. The average Bonchev–Trinajstić information content (AvgIpc) is 3.27. The fourth-order valence-electron chi connectivity index (χ4n) is 4.13. The number of phenolic OH excluding ortho intramolecular Hbond substituents is 1. The highest BCUT2D eigenvalue weighted by molar-refractivity contribution is 6.02. The zero-order valence-corrected chi connectivity index (χ0v) is 18.8. The Kier molecular flexibility index (Phi) is 5.71. The zero-order valence-electron chi connectivity index (χ0n) is 18.8. The number of H-pyrrole nitrogens is 1. The lowest BCUT2D eigenvalue weighted by atomic mass is 10.1. The van der Waals surface area contributed by atoms with Gasteiger partial charge in [0.2, 0.25) is 0 Å². The lowest BCUT2D eigenvalue weighted by Crippen LogP contribution is -2.43. The molecule has 7 heteroatoms. The molecule has 3 aromatic rings. The van der Waals surface area contributed by atoms with Crippen LogP contribution < -0.4 is 5.32 Å². The van der Waals surface area contributed by atoms with Crippen molar-refractivity contribution in [1.29, 1.82) is 0 Å². The standard InChI is InChI=1S/C26H28N6O/c1-18-6-8-21(32-14-12-31(2)13-15-32)10-11-27-25(28-18)20-7-9-23-24(17-20)30-26(29-23)19-4-3-5-22(33)16-19/h3-10,16-17,33H,1,11-15H2,2H3,(H,27,28)(H,29,30)/b8-6-,21-10+. The number of benzene rings is 2. The Hall–Kier alpha value is -3.84. The van der Waals surface area contributed by atoms with Crippen LogP contribution in [0.25, 0.3) is 22.4 Å². The van der Waals surface area contributed by atoms with Crippen molar-refractivity contribution in [3.8, 4) is 17.1 Å². The Balaban J connectivity index is 1.42. The van der Waals surface area contributed by atoms with Crippen molar-refractivity contribution < 1.29 is 5.11 Å². The van der Waals surface area contributed by atoms with Crippen LogP contribution in [0, 0.1) is 0 Å². The summed E-state index contributed by atoms with van der Waals surface area (Å²) in [5.74, 6) is 1.71. The van der Waals surface area contributed by atoms with Crippen molar-refractivity contribution in [1.82, 2.24) is 25.1 Å². The van der Waals surface area contributed by atoms with E-state index in [1.165, 1.54) is 5.70 Å². The monoisotopic (exact) mass is 440 g/mol. The number of nitrogens with one attached hydrogen (secondary N) is 2. The Labute approximate surface area is 193 Å². The maximum Gasteiger partial charge on any atom is 0.138 e. The molecule has 2 aliphatic heterocycles. The van der Waals surface area contributed by atoms with Crippen molar-refractivity contribution in [3.05, 3.63) is 84.2 Å². The van der Waals surface area contributed by atoms with Gasteiger partial charge in [0, 0.05) is 48.7 Å². The van der Waals surface area contributed by atoms with Gasteiger partial charge in [-0.05, 0) is 55.6 Å². The van der Waals surface area contributed by atoms with Gasteiger partial charge >= 0.3 is 0 Å². The maximum atomic E-state index is 9.79. The molecule has 2 aliphatic rings. The molecule has 3 N–H and O–H groups in total. The van der Waals surface area contributed by atoms with Gasteiger partial charge in [0.25, 0.3) is 0 Å². The normalized spacial score (nSPS) is 20.3. The minimum absolute atomic E-state index is 0.216. The number of rotatable bonds is 3. The zero-order chi connectivity index (χ0) is 22.8. The molecule has 0 bridgehead atoms. The molecule has 1 fully saturated rings. The van der Waals surface area contributed by atoms with Crippen LogP contribution in [-0.4, -0.2) is 70.5 Å². The largest absolute Gasteiger partial charge is 0.508 e. The maximum absolute atomic E-state index is 9.79. The molecule has 33 heavy (non-hydrogen) atoms. The topological polar surface area (TPSA) is 79.8 Å². The Morgan fingerprint density at radius 3 is 2.67 bits per heavy atom. The molecule has 5 rings (SSSR count). The Morgan fingerprint density at radius 2 is 1.85 bits per heavy atom. The SMILES string of the molecule is C=C1/C=C\C(N2CCN(C)CC2)=C/CN=C(c2ccc3nc(-c4cccc(O)c4)[nH]c3c2)N1. The average molecular weight is 441 g/mol. The van der Waals surface area contributed by atoms with Crippen molar-refractivity contribution in [2.75, 3.05) is 39.8 Å². The lowest BCUT2D eigenvalue weighted by molar-refractivity contribution is 0.190. The summed E-state index contributed by atoms with van der Waals surface area (Å²) >= 11 is 0. The van der Waals surface area contributed by atoms with E-state index in [4.69, 9.17) is 4.99 Å². The van der Waals surface area contributed by atoms with E-state index in [0.29, 0.717) is 6.54 Å². The Bertz CT molecular complexity index is 1280. The second kappa shape index (κ2) is 8.96. The number of likely N-dealkylation sites (N-methyl/N-ethyl adjacent to an activating group) is 1. The molecule has 168 valence electrons. The van der Waals surface area contributed by atoms with Crippen LogP contribution in [0.4, 0.5) is 0 Å². The molecule has 0 aliphatic carbocycles. The first kappa shape index (κ1) is 21.0. The number of aromatic hydroxyl groups is 1. The van der Waals surface area contributed by atoms with Crippen LogP contribution in [0.2, 0.25) is 0 Å². The number of aromatic nitrogens is 2. The predicted molar refractivity (Wildman–Crippen MR) is 133 cm³/mol. The van der Waals surface area contributed by atoms with E-state index in [9.17, 15) is 5.11 Å². The number of aliphatic imine (C=N–C) groups is 1. The van der Waals surface area contributed by atoms with E-state index >= 15 is 0 Å². The van der Waals surface area contributed by atoms with E-state index in [0.717, 1.165) is 65.7 Å². The molecule has 1 saturated heterocycles. The molecule has 0 amide bonds. The van der Waals surface area contributed by atoms with Crippen molar-refractivity contribution in [2.45, 2.75) is 0 Å². The summed E-state index contributed by atoms with van der Waals surface area (Å²) in [6, 6.07) is 13.1. The Morgan fingerprint density at radius 1 is 1.00 bits per heavy atom. The fourth-order valence-corrected chi connectivity index (χ4v) is 4.13. The number of phenols is 1. The van der Waals surface area contributed by atoms with Gasteiger partial charge in [-0.3, -0.25) is 4.99 Å². The van der Waals surface area contributed by atoms with Gasteiger partial charge < -0.3 is 25.2 Å². The van der Waals surface area contributed by atoms with Gasteiger partial charge in [-0.2, -0.15) is 0 Å². The summed E-state index contributed by atoms with van der Waals surface area (Å²) in [4.78, 5) is 17.6.